The summed E-state index contributed by atoms with van der Waals surface area (Å²) in [5.74, 6) is -2.28. The molecule has 2 N–H and O–H groups in total. The number of carboxylic acids is 2. The van der Waals surface area contributed by atoms with Crippen molar-refractivity contribution in [2.75, 3.05) is 39.9 Å². The summed E-state index contributed by atoms with van der Waals surface area (Å²) in [7, 11) is -2.08. The van der Waals surface area contributed by atoms with Crippen LogP contribution < -0.4 is 9.47 Å². The second kappa shape index (κ2) is 12.8. The summed E-state index contributed by atoms with van der Waals surface area (Å²) in [4.78, 5) is 30.7. The minimum atomic E-state index is -3.68. The van der Waals surface area contributed by atoms with Crippen molar-refractivity contribution in [2.24, 2.45) is 0 Å². The van der Waals surface area contributed by atoms with E-state index in [1.165, 1.54) is 28.6 Å². The van der Waals surface area contributed by atoms with Crippen LogP contribution in [0.4, 0.5) is 5.69 Å². The van der Waals surface area contributed by atoms with Gasteiger partial charge in [0.2, 0.25) is 10.0 Å². The van der Waals surface area contributed by atoms with Crippen LogP contribution in [0.5, 0.6) is 11.5 Å². The maximum absolute atomic E-state index is 12.8. The van der Waals surface area contributed by atoms with Gasteiger partial charge in [0.1, 0.15) is 0 Å². The molecule has 0 atom stereocenters. The van der Waals surface area contributed by atoms with Crippen molar-refractivity contribution >= 4 is 27.6 Å². The first-order valence-electron chi connectivity index (χ1n) is 10.7. The van der Waals surface area contributed by atoms with Crippen molar-refractivity contribution in [1.82, 2.24) is 9.21 Å². The number of rotatable bonds is 8. The Labute approximate surface area is 207 Å². The van der Waals surface area contributed by atoms with Gasteiger partial charge in [-0.25, -0.2) is 18.0 Å². The fraction of sp³-hybridized carbons (Fsp3) is 0.364. The van der Waals surface area contributed by atoms with E-state index in [0.29, 0.717) is 50.8 Å². The number of hydrogen-bond acceptors (Lipinski definition) is 9. The highest BCUT2D eigenvalue weighted by Crippen LogP contribution is 2.29. The van der Waals surface area contributed by atoms with Gasteiger partial charge in [-0.2, -0.15) is 4.31 Å². The van der Waals surface area contributed by atoms with Crippen molar-refractivity contribution in [2.45, 2.75) is 18.4 Å². The van der Waals surface area contributed by atoms with E-state index in [2.05, 4.69) is 4.90 Å². The van der Waals surface area contributed by atoms with Gasteiger partial charge in [0.15, 0.2) is 11.5 Å². The topological polar surface area (TPSA) is 177 Å². The van der Waals surface area contributed by atoms with Crippen LogP contribution in [0, 0.1) is 10.1 Å². The second-order valence-electron chi connectivity index (χ2n) is 7.46. The maximum Gasteiger partial charge on any atom is 0.414 e. The lowest BCUT2D eigenvalue weighted by atomic mass is 10.1. The average molecular weight is 526 g/mol. The van der Waals surface area contributed by atoms with Gasteiger partial charge in [-0.1, -0.05) is 6.07 Å². The number of benzene rings is 2. The molecule has 0 unspecified atom stereocenters. The summed E-state index contributed by atoms with van der Waals surface area (Å²) in [6.45, 7) is 5.02. The molecule has 0 amide bonds. The zero-order chi connectivity index (χ0) is 26.9. The number of carboxylic acid groups (broad SMARTS) is 2. The first-order chi connectivity index (χ1) is 17.0. The Morgan fingerprint density at radius 2 is 1.58 bits per heavy atom. The quantitative estimate of drug-likeness (QED) is 0.291. The lowest BCUT2D eigenvalue weighted by molar-refractivity contribution is -0.384. The number of non-ortho nitro benzene ring substituents is 1. The van der Waals surface area contributed by atoms with Gasteiger partial charge in [-0.15, -0.1) is 0 Å². The summed E-state index contributed by atoms with van der Waals surface area (Å²) < 4.78 is 38.0. The molecular weight excluding hydrogens is 498 g/mol. The van der Waals surface area contributed by atoms with Crippen molar-refractivity contribution in [1.29, 1.82) is 0 Å². The smallest absolute Gasteiger partial charge is 0.414 e. The predicted molar refractivity (Wildman–Crippen MR) is 127 cm³/mol. The van der Waals surface area contributed by atoms with E-state index >= 15 is 0 Å². The molecule has 1 heterocycles. The number of methoxy groups -OCH3 is 1. The SMILES string of the molecule is CCOc1ccc(CN2CCN(S(=O)(=O)c3ccc([N+](=O)[O-])cc3)CC2)cc1OC.O=C(O)C(=O)O. The van der Waals surface area contributed by atoms with E-state index < -0.39 is 26.9 Å². The third kappa shape index (κ3) is 7.63. The van der Waals surface area contributed by atoms with E-state index in [4.69, 9.17) is 29.3 Å². The Balaban J connectivity index is 0.000000678. The molecule has 36 heavy (non-hydrogen) atoms. The highest BCUT2D eigenvalue weighted by molar-refractivity contribution is 7.89. The zero-order valence-electron chi connectivity index (χ0n) is 19.7. The first kappa shape index (κ1) is 28.5. The monoisotopic (exact) mass is 525 g/mol. The van der Waals surface area contributed by atoms with Gasteiger partial charge in [0.25, 0.3) is 5.69 Å². The van der Waals surface area contributed by atoms with Crippen LogP contribution in [-0.2, 0) is 26.2 Å². The fourth-order valence-electron chi connectivity index (χ4n) is 3.36. The molecule has 2 aromatic carbocycles. The highest BCUT2D eigenvalue weighted by Gasteiger charge is 2.29. The largest absolute Gasteiger partial charge is 0.493 e. The van der Waals surface area contributed by atoms with E-state index in [9.17, 15) is 18.5 Å². The minimum Gasteiger partial charge on any atom is -0.493 e. The number of nitrogens with zero attached hydrogens (tertiary/aromatic N) is 3. The fourth-order valence-corrected chi connectivity index (χ4v) is 4.78. The van der Waals surface area contributed by atoms with Gasteiger partial charge in [0, 0.05) is 44.9 Å². The molecule has 0 saturated carbocycles. The van der Waals surface area contributed by atoms with Crippen molar-refractivity contribution < 1.29 is 42.6 Å². The van der Waals surface area contributed by atoms with Crippen LogP contribution >= 0.6 is 0 Å². The van der Waals surface area contributed by atoms with E-state index in [1.807, 2.05) is 25.1 Å². The minimum absolute atomic E-state index is 0.0674. The molecule has 3 rings (SSSR count). The maximum atomic E-state index is 12.8. The Morgan fingerprint density at radius 1 is 1.00 bits per heavy atom. The summed E-state index contributed by atoms with van der Waals surface area (Å²) >= 11 is 0. The molecular formula is C22H27N3O10S. The molecule has 1 aliphatic rings. The van der Waals surface area contributed by atoms with Gasteiger partial charge >= 0.3 is 11.9 Å². The number of aliphatic carboxylic acids is 2. The molecule has 196 valence electrons. The standard InChI is InChI=1S/C20H25N3O6S.C2H2O4/c1-3-29-19-9-4-16(14-20(19)28-2)15-21-10-12-22(13-11-21)30(26,27)18-7-5-17(6-8-18)23(24)25;3-1(4)2(5)6/h4-9,14H,3,10-13,15H2,1-2H3;(H,3,4)(H,5,6). The number of carbonyl (C=O) groups is 2. The highest BCUT2D eigenvalue weighted by atomic mass is 32.2. The van der Waals surface area contributed by atoms with E-state index in [1.54, 1.807) is 7.11 Å². The van der Waals surface area contributed by atoms with Crippen molar-refractivity contribution in [3.05, 3.63) is 58.1 Å². The van der Waals surface area contributed by atoms with Crippen molar-refractivity contribution in [3.63, 3.8) is 0 Å². The Hall–Kier alpha value is -3.75. The molecule has 1 saturated heterocycles. The molecule has 0 aromatic heterocycles. The third-order valence-electron chi connectivity index (χ3n) is 5.13. The number of ether oxygens (including phenoxy) is 2. The zero-order valence-corrected chi connectivity index (χ0v) is 20.5. The molecule has 0 aliphatic carbocycles. The van der Waals surface area contributed by atoms with Crippen LogP contribution in [0.1, 0.15) is 12.5 Å². The number of sulfonamides is 1. The van der Waals surface area contributed by atoms with E-state index in [0.717, 1.165) is 5.56 Å². The molecule has 2 aromatic rings. The number of piperazine rings is 1. The normalized spacial score (nSPS) is 14.3. The summed E-state index contributed by atoms with van der Waals surface area (Å²) in [6, 6.07) is 10.8. The van der Waals surface area contributed by atoms with Crippen LogP contribution in [0.25, 0.3) is 0 Å². The van der Waals surface area contributed by atoms with Crippen molar-refractivity contribution in [3.8, 4) is 11.5 Å². The second-order valence-corrected chi connectivity index (χ2v) is 9.40. The number of nitro groups is 1. The van der Waals surface area contributed by atoms with Gasteiger partial charge < -0.3 is 19.7 Å². The van der Waals surface area contributed by atoms with Crippen LogP contribution in [0.15, 0.2) is 47.4 Å². The summed E-state index contributed by atoms with van der Waals surface area (Å²) in [5.41, 5.74) is 0.923. The van der Waals surface area contributed by atoms with Crippen LogP contribution in [0.2, 0.25) is 0 Å². The van der Waals surface area contributed by atoms with Gasteiger partial charge in [-0.05, 0) is 36.8 Å². The molecule has 13 nitrogen and oxygen atoms in total. The number of nitro benzene ring substituents is 1. The van der Waals surface area contributed by atoms with E-state index in [-0.39, 0.29) is 10.6 Å². The molecule has 14 heteroatoms. The molecule has 0 spiro atoms. The lowest BCUT2D eigenvalue weighted by Crippen LogP contribution is -2.48. The van der Waals surface area contributed by atoms with Crippen LogP contribution in [0.3, 0.4) is 0 Å². The molecule has 1 fully saturated rings. The number of hydrogen-bond donors (Lipinski definition) is 2. The predicted octanol–water partition coefficient (Wildman–Crippen LogP) is 1.66. The average Bonchev–Trinajstić information content (AvgIpc) is 2.85. The van der Waals surface area contributed by atoms with Gasteiger partial charge in [-0.3, -0.25) is 15.0 Å². The molecule has 0 radical (unpaired) electrons. The van der Waals surface area contributed by atoms with Gasteiger partial charge in [0.05, 0.1) is 23.5 Å². The lowest BCUT2D eigenvalue weighted by Gasteiger charge is -2.34. The first-order valence-corrected chi connectivity index (χ1v) is 12.2. The Bertz CT molecular complexity index is 1170. The molecule has 1 aliphatic heterocycles. The summed E-state index contributed by atoms with van der Waals surface area (Å²) in [6.07, 6.45) is 0. The molecule has 0 bridgehead atoms. The Kier molecular flexibility index (Phi) is 10.1. The summed E-state index contributed by atoms with van der Waals surface area (Å²) in [5, 5.41) is 25.5. The Morgan fingerprint density at radius 3 is 2.06 bits per heavy atom. The third-order valence-corrected chi connectivity index (χ3v) is 7.05. The van der Waals surface area contributed by atoms with Crippen LogP contribution in [-0.4, -0.2) is 84.6 Å².